The maximum absolute atomic E-state index is 11.6. The molecule has 0 aromatic carbocycles. The number of hydrogen-bond acceptors (Lipinski definition) is 3. The summed E-state index contributed by atoms with van der Waals surface area (Å²) in [6.07, 6.45) is 3.79. The van der Waals surface area contributed by atoms with Gasteiger partial charge in [0.25, 0.3) is 0 Å². The molecule has 1 unspecified atom stereocenters. The Labute approximate surface area is 98.3 Å². The van der Waals surface area contributed by atoms with Crippen LogP contribution in [0.25, 0.3) is 0 Å². The lowest BCUT2D eigenvalue weighted by atomic mass is 10.2. The number of rotatable bonds is 9. The van der Waals surface area contributed by atoms with E-state index in [1.54, 1.807) is 6.08 Å². The summed E-state index contributed by atoms with van der Waals surface area (Å²) in [7, 11) is 0. The van der Waals surface area contributed by atoms with Crippen LogP contribution in [0.5, 0.6) is 0 Å². The van der Waals surface area contributed by atoms with Crippen LogP contribution in [0, 0.1) is 0 Å². The Bertz CT molecular complexity index is 207. The number of carbonyl (C=O) groups excluding carboxylic acids is 1. The average molecular weight is 228 g/mol. The van der Waals surface area contributed by atoms with Crippen LogP contribution in [0.1, 0.15) is 26.7 Å². The predicted molar refractivity (Wildman–Crippen MR) is 66.2 cm³/mol. The zero-order valence-electron chi connectivity index (χ0n) is 10.4. The lowest BCUT2D eigenvalue weighted by Crippen LogP contribution is -2.42. The summed E-state index contributed by atoms with van der Waals surface area (Å²) in [4.78, 5) is 13.5. The first-order chi connectivity index (χ1) is 7.63. The average Bonchev–Trinajstić information content (AvgIpc) is 2.18. The van der Waals surface area contributed by atoms with Crippen LogP contribution in [0.3, 0.4) is 0 Å². The van der Waals surface area contributed by atoms with Crippen molar-refractivity contribution in [3.05, 3.63) is 12.7 Å². The smallest absolute Gasteiger partial charge is 0.234 e. The second-order valence-corrected chi connectivity index (χ2v) is 4.00. The van der Waals surface area contributed by atoms with Crippen molar-refractivity contribution in [3.8, 4) is 0 Å². The summed E-state index contributed by atoms with van der Waals surface area (Å²) in [6, 6.07) is 0.220. The van der Waals surface area contributed by atoms with Gasteiger partial charge in [0.15, 0.2) is 0 Å². The molecule has 0 heterocycles. The molecule has 16 heavy (non-hydrogen) atoms. The molecule has 0 aliphatic carbocycles. The second kappa shape index (κ2) is 9.36. The number of hydrogen-bond donors (Lipinski definition) is 2. The molecule has 0 spiro atoms. The molecule has 94 valence electrons. The summed E-state index contributed by atoms with van der Waals surface area (Å²) >= 11 is 0. The van der Waals surface area contributed by atoms with E-state index in [-0.39, 0.29) is 18.6 Å². The van der Waals surface area contributed by atoms with Gasteiger partial charge in [0, 0.05) is 19.1 Å². The molecule has 0 saturated heterocycles. The lowest BCUT2D eigenvalue weighted by Gasteiger charge is -2.20. The summed E-state index contributed by atoms with van der Waals surface area (Å²) < 4.78 is 0. The minimum atomic E-state index is 0.0104. The Morgan fingerprint density at radius 3 is 2.81 bits per heavy atom. The summed E-state index contributed by atoms with van der Waals surface area (Å²) in [6.45, 7) is 9.23. The van der Waals surface area contributed by atoms with Crippen LogP contribution < -0.4 is 5.32 Å². The molecule has 0 radical (unpaired) electrons. The highest BCUT2D eigenvalue weighted by atomic mass is 16.3. The van der Waals surface area contributed by atoms with Gasteiger partial charge in [-0.3, -0.25) is 9.69 Å². The fraction of sp³-hybridized carbons (Fsp3) is 0.750. The van der Waals surface area contributed by atoms with Crippen molar-refractivity contribution in [1.82, 2.24) is 10.2 Å². The van der Waals surface area contributed by atoms with Gasteiger partial charge in [0.1, 0.15) is 0 Å². The molecule has 0 aliphatic rings. The van der Waals surface area contributed by atoms with Crippen molar-refractivity contribution in [3.63, 3.8) is 0 Å². The fourth-order valence-corrected chi connectivity index (χ4v) is 1.59. The predicted octanol–water partition coefficient (Wildman–Crippen LogP) is 0.771. The molecular weight excluding hydrogens is 204 g/mol. The largest absolute Gasteiger partial charge is 0.395 e. The normalized spacial score (nSPS) is 12.5. The Hall–Kier alpha value is -0.870. The molecular formula is C12H24N2O2. The Kier molecular flexibility index (Phi) is 8.85. The standard InChI is InChI=1S/C12H24N2O2/c1-4-6-11(3)13-12(16)10-14(7-5-2)8-9-15/h5,11,15H,2,4,6-10H2,1,3H3,(H,13,16). The van der Waals surface area contributed by atoms with E-state index in [0.29, 0.717) is 19.6 Å². The molecule has 4 heteroatoms. The first kappa shape index (κ1) is 15.1. The molecule has 0 aliphatic heterocycles. The van der Waals surface area contributed by atoms with Crippen molar-refractivity contribution in [2.24, 2.45) is 0 Å². The van der Waals surface area contributed by atoms with Gasteiger partial charge in [-0.25, -0.2) is 0 Å². The Morgan fingerprint density at radius 1 is 1.62 bits per heavy atom. The molecule has 4 nitrogen and oxygen atoms in total. The highest BCUT2D eigenvalue weighted by molar-refractivity contribution is 5.78. The number of nitrogens with zero attached hydrogens (tertiary/aromatic N) is 1. The zero-order valence-corrected chi connectivity index (χ0v) is 10.4. The SMILES string of the molecule is C=CCN(CCO)CC(=O)NC(C)CCC. The fourth-order valence-electron chi connectivity index (χ4n) is 1.59. The summed E-state index contributed by atoms with van der Waals surface area (Å²) in [5.74, 6) is 0.0104. The number of carbonyl (C=O) groups is 1. The van der Waals surface area contributed by atoms with E-state index in [0.717, 1.165) is 12.8 Å². The third-order valence-electron chi connectivity index (χ3n) is 2.30. The van der Waals surface area contributed by atoms with Crippen LogP contribution in [-0.4, -0.2) is 48.2 Å². The monoisotopic (exact) mass is 228 g/mol. The topological polar surface area (TPSA) is 52.6 Å². The molecule has 2 N–H and O–H groups in total. The molecule has 1 amide bonds. The molecule has 1 atom stereocenters. The number of amides is 1. The first-order valence-corrected chi connectivity index (χ1v) is 5.87. The van der Waals surface area contributed by atoms with E-state index >= 15 is 0 Å². The third kappa shape index (κ3) is 7.43. The van der Waals surface area contributed by atoms with E-state index < -0.39 is 0 Å². The summed E-state index contributed by atoms with van der Waals surface area (Å²) in [5.41, 5.74) is 0. The minimum absolute atomic E-state index is 0.0104. The molecule has 0 aromatic rings. The Morgan fingerprint density at radius 2 is 2.31 bits per heavy atom. The number of aliphatic hydroxyl groups is 1. The first-order valence-electron chi connectivity index (χ1n) is 5.87. The van der Waals surface area contributed by atoms with Crippen LogP contribution >= 0.6 is 0 Å². The van der Waals surface area contributed by atoms with Gasteiger partial charge < -0.3 is 10.4 Å². The van der Waals surface area contributed by atoms with E-state index in [1.807, 2.05) is 11.8 Å². The van der Waals surface area contributed by atoms with Gasteiger partial charge >= 0.3 is 0 Å². The van der Waals surface area contributed by atoms with Crippen molar-refractivity contribution in [2.75, 3.05) is 26.2 Å². The van der Waals surface area contributed by atoms with Crippen LogP contribution in [0.4, 0.5) is 0 Å². The van der Waals surface area contributed by atoms with Crippen LogP contribution in [0.2, 0.25) is 0 Å². The second-order valence-electron chi connectivity index (χ2n) is 4.00. The van der Waals surface area contributed by atoms with Gasteiger partial charge in [0.05, 0.1) is 13.2 Å². The van der Waals surface area contributed by atoms with E-state index in [4.69, 9.17) is 5.11 Å². The highest BCUT2D eigenvalue weighted by Gasteiger charge is 2.10. The van der Waals surface area contributed by atoms with Gasteiger partial charge in [-0.15, -0.1) is 6.58 Å². The van der Waals surface area contributed by atoms with Crippen molar-refractivity contribution in [2.45, 2.75) is 32.7 Å². The van der Waals surface area contributed by atoms with E-state index in [2.05, 4.69) is 18.8 Å². The highest BCUT2D eigenvalue weighted by Crippen LogP contribution is 1.95. The number of nitrogens with one attached hydrogen (secondary N) is 1. The maximum atomic E-state index is 11.6. The van der Waals surface area contributed by atoms with Crippen molar-refractivity contribution in [1.29, 1.82) is 0 Å². The van der Waals surface area contributed by atoms with Crippen molar-refractivity contribution < 1.29 is 9.90 Å². The van der Waals surface area contributed by atoms with Gasteiger partial charge in [-0.2, -0.15) is 0 Å². The molecule has 0 fully saturated rings. The van der Waals surface area contributed by atoms with Gasteiger partial charge in [0.2, 0.25) is 5.91 Å². The van der Waals surface area contributed by atoms with Crippen molar-refractivity contribution >= 4 is 5.91 Å². The van der Waals surface area contributed by atoms with Crippen LogP contribution in [0.15, 0.2) is 12.7 Å². The van der Waals surface area contributed by atoms with E-state index in [9.17, 15) is 4.79 Å². The molecule has 0 saturated carbocycles. The molecule has 0 aromatic heterocycles. The Balaban J connectivity index is 3.93. The molecule has 0 rings (SSSR count). The minimum Gasteiger partial charge on any atom is -0.395 e. The van der Waals surface area contributed by atoms with Gasteiger partial charge in [-0.05, 0) is 13.3 Å². The zero-order chi connectivity index (χ0) is 12.4. The third-order valence-corrected chi connectivity index (χ3v) is 2.30. The number of aliphatic hydroxyl groups excluding tert-OH is 1. The van der Waals surface area contributed by atoms with Crippen LogP contribution in [-0.2, 0) is 4.79 Å². The van der Waals surface area contributed by atoms with E-state index in [1.165, 1.54) is 0 Å². The summed E-state index contributed by atoms with van der Waals surface area (Å²) in [5, 5.41) is 11.8. The quantitative estimate of drug-likeness (QED) is 0.573. The van der Waals surface area contributed by atoms with Gasteiger partial charge in [-0.1, -0.05) is 19.4 Å². The lowest BCUT2D eigenvalue weighted by molar-refractivity contribution is -0.122. The maximum Gasteiger partial charge on any atom is 0.234 e. The molecule has 0 bridgehead atoms.